The van der Waals surface area contributed by atoms with Crippen LogP contribution in [0.5, 0.6) is 0 Å². The molecule has 2 atom stereocenters. The van der Waals surface area contributed by atoms with Gasteiger partial charge in [-0.15, -0.1) is 0 Å². The van der Waals surface area contributed by atoms with Crippen LogP contribution in [0.2, 0.25) is 0 Å². The number of halogens is 1. The number of nitrogens with one attached hydrogen (secondary N) is 1. The van der Waals surface area contributed by atoms with Crippen molar-refractivity contribution in [1.82, 2.24) is 15.0 Å². The standard InChI is InChI=1S/C22H21FN4O2/c23-17-9-7-14(8-10-17)22(28)27-11-3-5-16(13-27)20-25-21(29-26-20)19-12-15-4-1-2-6-18(15)24-19/h1-2,4,6-10,16,19,24H,3,5,11-13H2. The summed E-state index contributed by atoms with van der Waals surface area (Å²) in [5.74, 6) is 0.827. The highest BCUT2D eigenvalue weighted by atomic mass is 19.1. The molecule has 0 radical (unpaired) electrons. The fourth-order valence-corrected chi connectivity index (χ4v) is 4.15. The third-order valence-corrected chi connectivity index (χ3v) is 5.69. The Morgan fingerprint density at radius 1 is 1.17 bits per heavy atom. The van der Waals surface area contributed by atoms with Gasteiger partial charge in [0.1, 0.15) is 11.9 Å². The van der Waals surface area contributed by atoms with Crippen LogP contribution >= 0.6 is 0 Å². The molecule has 2 unspecified atom stereocenters. The summed E-state index contributed by atoms with van der Waals surface area (Å²) in [7, 11) is 0. The molecule has 0 aliphatic carbocycles. The SMILES string of the molecule is O=C(c1ccc(F)cc1)N1CCCC(c2noc(C3Cc4ccccc4N3)n2)C1. The van der Waals surface area contributed by atoms with Crippen molar-refractivity contribution in [2.45, 2.75) is 31.2 Å². The lowest BCUT2D eigenvalue weighted by Crippen LogP contribution is -2.39. The largest absolute Gasteiger partial charge is 0.373 e. The van der Waals surface area contributed by atoms with E-state index in [4.69, 9.17) is 4.52 Å². The van der Waals surface area contributed by atoms with Crippen molar-refractivity contribution in [3.05, 3.63) is 77.2 Å². The lowest BCUT2D eigenvalue weighted by molar-refractivity contribution is 0.0703. The maximum absolute atomic E-state index is 13.1. The first-order chi connectivity index (χ1) is 14.2. The van der Waals surface area contributed by atoms with Gasteiger partial charge in [-0.25, -0.2) is 4.39 Å². The van der Waals surface area contributed by atoms with Crippen LogP contribution in [-0.2, 0) is 6.42 Å². The Kier molecular flexibility index (Phi) is 4.50. The van der Waals surface area contributed by atoms with Crippen molar-refractivity contribution in [2.24, 2.45) is 0 Å². The Hall–Kier alpha value is -3.22. The van der Waals surface area contributed by atoms with Crippen LogP contribution < -0.4 is 5.32 Å². The maximum atomic E-state index is 13.1. The fourth-order valence-electron chi connectivity index (χ4n) is 4.15. The number of likely N-dealkylation sites (tertiary alicyclic amines) is 1. The van der Waals surface area contributed by atoms with E-state index in [1.807, 2.05) is 18.2 Å². The predicted octanol–water partition coefficient (Wildman–Crippen LogP) is 3.94. The van der Waals surface area contributed by atoms with Crippen molar-refractivity contribution in [3.63, 3.8) is 0 Å². The number of amides is 1. The van der Waals surface area contributed by atoms with Crippen LogP contribution in [0.15, 0.2) is 53.1 Å². The number of hydrogen-bond donors (Lipinski definition) is 1. The van der Waals surface area contributed by atoms with Gasteiger partial charge >= 0.3 is 0 Å². The van der Waals surface area contributed by atoms with E-state index < -0.39 is 0 Å². The molecule has 1 fully saturated rings. The minimum atomic E-state index is -0.347. The highest BCUT2D eigenvalue weighted by Gasteiger charge is 2.31. The molecule has 0 saturated carbocycles. The van der Waals surface area contributed by atoms with Crippen molar-refractivity contribution in [1.29, 1.82) is 0 Å². The molecular weight excluding hydrogens is 371 g/mol. The number of aromatic nitrogens is 2. The average Bonchev–Trinajstić information content (AvgIpc) is 3.41. The lowest BCUT2D eigenvalue weighted by Gasteiger charge is -2.31. The summed E-state index contributed by atoms with van der Waals surface area (Å²) in [5.41, 5.74) is 2.84. The van der Waals surface area contributed by atoms with Crippen molar-refractivity contribution in [3.8, 4) is 0 Å². The number of carbonyl (C=O) groups excluding carboxylic acids is 1. The third-order valence-electron chi connectivity index (χ3n) is 5.69. The van der Waals surface area contributed by atoms with Crippen LogP contribution in [0.25, 0.3) is 0 Å². The molecule has 0 bridgehead atoms. The first kappa shape index (κ1) is 17.8. The minimum absolute atomic E-state index is 0.0193. The molecule has 1 aromatic heterocycles. The third kappa shape index (κ3) is 3.48. The second kappa shape index (κ2) is 7.31. The number of para-hydroxylation sites is 1. The van der Waals surface area contributed by atoms with Crippen molar-refractivity contribution in [2.75, 3.05) is 18.4 Å². The van der Waals surface area contributed by atoms with Gasteiger partial charge in [-0.3, -0.25) is 4.79 Å². The zero-order valence-electron chi connectivity index (χ0n) is 15.8. The predicted molar refractivity (Wildman–Crippen MR) is 105 cm³/mol. The molecule has 0 spiro atoms. The number of hydrogen-bond acceptors (Lipinski definition) is 5. The fraction of sp³-hybridized carbons (Fsp3) is 0.318. The number of anilines is 1. The van der Waals surface area contributed by atoms with Gasteiger partial charge in [0.2, 0.25) is 5.89 Å². The molecule has 29 heavy (non-hydrogen) atoms. The average molecular weight is 392 g/mol. The molecule has 5 rings (SSSR count). The summed E-state index contributed by atoms with van der Waals surface area (Å²) in [5, 5.41) is 7.64. The first-order valence-corrected chi connectivity index (χ1v) is 9.90. The van der Waals surface area contributed by atoms with Crippen LogP contribution in [0.4, 0.5) is 10.1 Å². The maximum Gasteiger partial charge on any atom is 0.253 e. The Morgan fingerprint density at radius 3 is 2.83 bits per heavy atom. The van der Waals surface area contributed by atoms with E-state index in [1.165, 1.54) is 29.8 Å². The van der Waals surface area contributed by atoms with Crippen LogP contribution in [-0.4, -0.2) is 34.0 Å². The molecule has 3 aromatic rings. The van der Waals surface area contributed by atoms with Gasteiger partial charge in [0, 0.05) is 36.7 Å². The molecule has 2 aromatic carbocycles. The van der Waals surface area contributed by atoms with Crippen molar-refractivity contribution >= 4 is 11.6 Å². The second-order valence-corrected chi connectivity index (χ2v) is 7.65. The van der Waals surface area contributed by atoms with Crippen LogP contribution in [0.3, 0.4) is 0 Å². The molecule has 1 saturated heterocycles. The Morgan fingerprint density at radius 2 is 2.00 bits per heavy atom. The van der Waals surface area contributed by atoms with E-state index >= 15 is 0 Å². The van der Waals surface area contributed by atoms with Gasteiger partial charge in [-0.2, -0.15) is 4.98 Å². The number of carbonyl (C=O) groups is 1. The monoisotopic (exact) mass is 392 g/mol. The summed E-state index contributed by atoms with van der Waals surface area (Å²) in [6.45, 7) is 1.21. The molecular formula is C22H21FN4O2. The first-order valence-electron chi connectivity index (χ1n) is 9.90. The highest BCUT2D eigenvalue weighted by molar-refractivity contribution is 5.94. The van der Waals surface area contributed by atoms with E-state index in [9.17, 15) is 9.18 Å². The van der Waals surface area contributed by atoms with Crippen LogP contribution in [0, 0.1) is 5.82 Å². The summed E-state index contributed by atoms with van der Waals surface area (Å²) < 4.78 is 18.7. The van der Waals surface area contributed by atoms with Gasteiger partial charge in [-0.1, -0.05) is 23.4 Å². The minimum Gasteiger partial charge on any atom is -0.373 e. The van der Waals surface area contributed by atoms with E-state index in [0.29, 0.717) is 30.4 Å². The highest BCUT2D eigenvalue weighted by Crippen LogP contribution is 2.34. The molecule has 148 valence electrons. The zero-order chi connectivity index (χ0) is 19.8. The summed E-state index contributed by atoms with van der Waals surface area (Å²) in [6, 6.07) is 13.8. The molecule has 7 heteroatoms. The number of rotatable bonds is 3. The van der Waals surface area contributed by atoms with Crippen molar-refractivity contribution < 1.29 is 13.7 Å². The number of fused-ring (bicyclic) bond motifs is 1. The van der Waals surface area contributed by atoms with E-state index in [2.05, 4.69) is 21.5 Å². The zero-order valence-corrected chi connectivity index (χ0v) is 15.8. The number of piperidine rings is 1. The molecule has 3 heterocycles. The summed E-state index contributed by atoms with van der Waals surface area (Å²) >= 11 is 0. The summed E-state index contributed by atoms with van der Waals surface area (Å²) in [6.07, 6.45) is 2.59. The lowest BCUT2D eigenvalue weighted by atomic mass is 9.96. The summed E-state index contributed by atoms with van der Waals surface area (Å²) in [4.78, 5) is 19.2. The second-order valence-electron chi connectivity index (χ2n) is 7.65. The topological polar surface area (TPSA) is 71.3 Å². The van der Waals surface area contributed by atoms with Gasteiger partial charge < -0.3 is 14.7 Å². The molecule has 1 N–H and O–H groups in total. The van der Waals surface area contributed by atoms with Crippen LogP contribution in [0.1, 0.15) is 52.4 Å². The van der Waals surface area contributed by atoms with Gasteiger partial charge in [0.25, 0.3) is 5.91 Å². The Bertz CT molecular complexity index is 1010. The Balaban J connectivity index is 1.28. The molecule has 1 amide bonds. The molecule has 2 aliphatic heterocycles. The van der Waals surface area contributed by atoms with Gasteiger partial charge in [0.05, 0.1) is 0 Å². The van der Waals surface area contributed by atoms with E-state index in [-0.39, 0.29) is 23.7 Å². The Labute approximate surface area is 167 Å². The smallest absolute Gasteiger partial charge is 0.253 e. The molecule has 2 aliphatic rings. The number of benzene rings is 2. The van der Waals surface area contributed by atoms with E-state index in [1.54, 1.807) is 4.90 Å². The van der Waals surface area contributed by atoms with Gasteiger partial charge in [-0.05, 0) is 48.7 Å². The number of nitrogens with zero attached hydrogens (tertiary/aromatic N) is 3. The normalized spacial score (nSPS) is 20.9. The quantitative estimate of drug-likeness (QED) is 0.731. The molecule has 6 nitrogen and oxygen atoms in total. The van der Waals surface area contributed by atoms with Gasteiger partial charge in [0.15, 0.2) is 5.82 Å². The van der Waals surface area contributed by atoms with E-state index in [0.717, 1.165) is 24.9 Å².